The number of pyridine rings is 1. The van der Waals surface area contributed by atoms with Gasteiger partial charge in [0.15, 0.2) is 0 Å². The lowest BCUT2D eigenvalue weighted by molar-refractivity contribution is -0.385. The molecule has 2 bridgehead atoms. The van der Waals surface area contributed by atoms with Gasteiger partial charge in [0.25, 0.3) is 5.69 Å². The molecule has 0 saturated carbocycles. The van der Waals surface area contributed by atoms with Crippen LogP contribution < -0.4 is 0 Å². The van der Waals surface area contributed by atoms with E-state index in [2.05, 4.69) is 4.98 Å². The second-order valence-corrected chi connectivity index (χ2v) is 6.83. The molecule has 0 aliphatic carbocycles. The molecule has 2 aliphatic rings. The molecule has 0 unspecified atom stereocenters. The van der Waals surface area contributed by atoms with Crippen LogP contribution in [0.25, 0.3) is 0 Å². The third-order valence-electron chi connectivity index (χ3n) is 4.09. The van der Waals surface area contributed by atoms with E-state index in [0.29, 0.717) is 6.42 Å². The SMILES string of the molecule is CC(C)(C)OC(=O)N1[C@H]2CC[C@@H]1c1cc([N+](=O)[O-])cnc1C2. The van der Waals surface area contributed by atoms with Crippen molar-refractivity contribution in [2.45, 2.75) is 57.7 Å². The smallest absolute Gasteiger partial charge is 0.411 e. The second-order valence-electron chi connectivity index (χ2n) is 6.83. The van der Waals surface area contributed by atoms with Crippen LogP contribution in [0.5, 0.6) is 0 Å². The maximum atomic E-state index is 12.5. The molecule has 0 N–H and O–H groups in total. The summed E-state index contributed by atoms with van der Waals surface area (Å²) in [6.45, 7) is 5.49. The highest BCUT2D eigenvalue weighted by atomic mass is 16.6. The van der Waals surface area contributed by atoms with Crippen molar-refractivity contribution in [3.05, 3.63) is 33.6 Å². The van der Waals surface area contributed by atoms with Crippen molar-refractivity contribution in [3.8, 4) is 0 Å². The summed E-state index contributed by atoms with van der Waals surface area (Å²) in [6.07, 6.45) is 3.23. The average Bonchev–Trinajstić information content (AvgIpc) is 2.72. The molecule has 3 rings (SSSR count). The van der Waals surface area contributed by atoms with Crippen LogP contribution in [0.15, 0.2) is 12.3 Å². The Hall–Kier alpha value is -2.18. The number of carbonyl (C=O) groups is 1. The van der Waals surface area contributed by atoms with Gasteiger partial charge in [0.1, 0.15) is 11.8 Å². The third kappa shape index (κ3) is 2.51. The summed E-state index contributed by atoms with van der Waals surface area (Å²) in [7, 11) is 0. The highest BCUT2D eigenvalue weighted by Crippen LogP contribution is 2.44. The Kier molecular flexibility index (Phi) is 3.30. The number of amides is 1. The molecule has 2 atom stereocenters. The lowest BCUT2D eigenvalue weighted by atomic mass is 9.98. The zero-order valence-corrected chi connectivity index (χ0v) is 12.9. The zero-order valence-electron chi connectivity index (χ0n) is 12.9. The van der Waals surface area contributed by atoms with Crippen LogP contribution in [0.4, 0.5) is 10.5 Å². The number of nitrogens with zero attached hydrogens (tertiary/aromatic N) is 3. The molecule has 1 fully saturated rings. The Morgan fingerprint density at radius 2 is 2.18 bits per heavy atom. The van der Waals surface area contributed by atoms with Gasteiger partial charge in [-0.3, -0.25) is 20.0 Å². The Morgan fingerprint density at radius 3 is 2.82 bits per heavy atom. The largest absolute Gasteiger partial charge is 0.444 e. The van der Waals surface area contributed by atoms with E-state index in [9.17, 15) is 14.9 Å². The molecule has 2 aliphatic heterocycles. The number of nitro groups is 1. The molecular formula is C15H19N3O4. The first kappa shape index (κ1) is 14.7. The van der Waals surface area contributed by atoms with E-state index in [0.717, 1.165) is 24.1 Å². The van der Waals surface area contributed by atoms with E-state index in [1.165, 1.54) is 6.20 Å². The Balaban J connectivity index is 1.93. The first-order valence-corrected chi connectivity index (χ1v) is 7.41. The number of carbonyl (C=O) groups excluding carboxylic acids is 1. The number of fused-ring (bicyclic) bond motifs is 4. The lowest BCUT2D eigenvalue weighted by Crippen LogP contribution is -2.44. The molecule has 22 heavy (non-hydrogen) atoms. The Morgan fingerprint density at radius 1 is 1.45 bits per heavy atom. The van der Waals surface area contributed by atoms with E-state index in [-0.39, 0.29) is 23.9 Å². The molecular weight excluding hydrogens is 286 g/mol. The average molecular weight is 305 g/mol. The van der Waals surface area contributed by atoms with Crippen LogP contribution in [-0.4, -0.2) is 32.5 Å². The summed E-state index contributed by atoms with van der Waals surface area (Å²) < 4.78 is 5.48. The summed E-state index contributed by atoms with van der Waals surface area (Å²) in [5, 5.41) is 11.0. The molecule has 0 radical (unpaired) electrons. The number of rotatable bonds is 1. The van der Waals surface area contributed by atoms with Crippen LogP contribution in [-0.2, 0) is 11.2 Å². The van der Waals surface area contributed by atoms with Gasteiger partial charge >= 0.3 is 6.09 Å². The first-order chi connectivity index (χ1) is 10.3. The van der Waals surface area contributed by atoms with Crippen molar-refractivity contribution in [2.75, 3.05) is 0 Å². The lowest BCUT2D eigenvalue weighted by Gasteiger charge is -2.36. The summed E-state index contributed by atoms with van der Waals surface area (Å²) in [4.78, 5) is 28.9. The van der Waals surface area contributed by atoms with Gasteiger partial charge in [-0.15, -0.1) is 0 Å². The highest BCUT2D eigenvalue weighted by Gasteiger charge is 2.45. The van der Waals surface area contributed by atoms with Crippen molar-refractivity contribution >= 4 is 11.8 Å². The molecule has 1 aromatic rings. The van der Waals surface area contributed by atoms with E-state index < -0.39 is 10.5 Å². The standard InChI is InChI=1S/C15H19N3O4/c1-15(2,3)22-14(19)17-9-4-5-13(17)11-6-10(18(20)21)8-16-12(11)7-9/h6,8-9,13H,4-5,7H2,1-3H3/t9-,13+/m0/s1. The van der Waals surface area contributed by atoms with Crippen LogP contribution in [0, 0.1) is 10.1 Å². The fraction of sp³-hybridized carbons (Fsp3) is 0.600. The molecule has 1 saturated heterocycles. The van der Waals surface area contributed by atoms with Gasteiger partial charge < -0.3 is 4.74 Å². The fourth-order valence-electron chi connectivity index (χ4n) is 3.26. The van der Waals surface area contributed by atoms with E-state index in [1.807, 2.05) is 20.8 Å². The maximum Gasteiger partial charge on any atom is 0.411 e. The van der Waals surface area contributed by atoms with Crippen LogP contribution in [0.3, 0.4) is 0 Å². The van der Waals surface area contributed by atoms with Gasteiger partial charge in [0.05, 0.1) is 11.0 Å². The normalized spacial score (nSPS) is 23.1. The highest BCUT2D eigenvalue weighted by molar-refractivity contribution is 5.70. The molecule has 1 amide bonds. The predicted octanol–water partition coefficient (Wildman–Crippen LogP) is 2.99. The van der Waals surface area contributed by atoms with Crippen molar-refractivity contribution in [1.29, 1.82) is 0 Å². The number of hydrogen-bond acceptors (Lipinski definition) is 5. The maximum absolute atomic E-state index is 12.5. The molecule has 118 valence electrons. The van der Waals surface area contributed by atoms with Crippen molar-refractivity contribution in [3.63, 3.8) is 0 Å². The minimum atomic E-state index is -0.558. The zero-order chi connectivity index (χ0) is 16.1. The third-order valence-corrected chi connectivity index (χ3v) is 4.09. The van der Waals surface area contributed by atoms with Crippen molar-refractivity contribution in [1.82, 2.24) is 9.88 Å². The minimum Gasteiger partial charge on any atom is -0.444 e. The Labute approximate surface area is 128 Å². The van der Waals surface area contributed by atoms with E-state index in [4.69, 9.17) is 4.74 Å². The van der Waals surface area contributed by atoms with Crippen LogP contribution in [0.1, 0.15) is 50.9 Å². The van der Waals surface area contributed by atoms with Crippen LogP contribution >= 0.6 is 0 Å². The van der Waals surface area contributed by atoms with Gasteiger partial charge in [0.2, 0.25) is 0 Å². The molecule has 3 heterocycles. The number of aromatic nitrogens is 1. The Bertz CT molecular complexity index is 638. The summed E-state index contributed by atoms with van der Waals surface area (Å²) in [5.41, 5.74) is 1.05. The second kappa shape index (κ2) is 4.93. The molecule has 7 nitrogen and oxygen atoms in total. The van der Waals surface area contributed by atoms with Gasteiger partial charge in [-0.25, -0.2) is 4.79 Å². The quantitative estimate of drug-likeness (QED) is 0.588. The van der Waals surface area contributed by atoms with E-state index in [1.54, 1.807) is 11.0 Å². The number of ether oxygens (including phenoxy) is 1. The summed E-state index contributed by atoms with van der Waals surface area (Å²) in [6, 6.07) is 1.45. The van der Waals surface area contributed by atoms with Gasteiger partial charge in [0, 0.05) is 29.8 Å². The topological polar surface area (TPSA) is 85.6 Å². The molecule has 7 heteroatoms. The minimum absolute atomic E-state index is 0.0340. The van der Waals surface area contributed by atoms with Crippen LogP contribution in [0.2, 0.25) is 0 Å². The first-order valence-electron chi connectivity index (χ1n) is 7.41. The molecule has 0 spiro atoms. The van der Waals surface area contributed by atoms with Crippen molar-refractivity contribution < 1.29 is 14.5 Å². The van der Waals surface area contributed by atoms with Crippen molar-refractivity contribution in [2.24, 2.45) is 0 Å². The van der Waals surface area contributed by atoms with Gasteiger partial charge in [-0.2, -0.15) is 0 Å². The monoisotopic (exact) mass is 305 g/mol. The fourth-order valence-corrected chi connectivity index (χ4v) is 3.26. The van der Waals surface area contributed by atoms with E-state index >= 15 is 0 Å². The number of hydrogen-bond donors (Lipinski definition) is 0. The predicted molar refractivity (Wildman–Crippen MR) is 78.4 cm³/mol. The summed E-state index contributed by atoms with van der Waals surface area (Å²) >= 11 is 0. The summed E-state index contributed by atoms with van der Waals surface area (Å²) in [5.74, 6) is 0. The van der Waals surface area contributed by atoms with Gasteiger partial charge in [-0.05, 0) is 33.6 Å². The molecule has 1 aromatic heterocycles. The molecule has 0 aromatic carbocycles. The van der Waals surface area contributed by atoms with Gasteiger partial charge in [-0.1, -0.05) is 0 Å².